The lowest BCUT2D eigenvalue weighted by Crippen LogP contribution is -2.40. The minimum Gasteiger partial charge on any atom is -0.351 e. The minimum atomic E-state index is -0.149. The van der Waals surface area contributed by atoms with E-state index in [4.69, 9.17) is 0 Å². The molecule has 0 saturated carbocycles. The molecule has 1 aromatic rings. The highest BCUT2D eigenvalue weighted by Crippen LogP contribution is 2.13. The lowest BCUT2D eigenvalue weighted by Gasteiger charge is -2.21. The Morgan fingerprint density at radius 1 is 1.13 bits per heavy atom. The number of carbonyl (C=O) groups is 2. The van der Waals surface area contributed by atoms with Gasteiger partial charge in [-0.05, 0) is 19.3 Å². The van der Waals surface area contributed by atoms with Gasteiger partial charge >= 0.3 is 6.03 Å². The molecule has 0 bridgehead atoms. The van der Waals surface area contributed by atoms with E-state index in [9.17, 15) is 9.59 Å². The number of amides is 3. The Morgan fingerprint density at radius 3 is 2.57 bits per heavy atom. The first kappa shape index (κ1) is 19.4. The van der Waals surface area contributed by atoms with Gasteiger partial charge in [-0.3, -0.25) is 4.79 Å². The van der Waals surface area contributed by atoms with Crippen LogP contribution in [0.25, 0.3) is 0 Å². The van der Waals surface area contributed by atoms with Gasteiger partial charge in [-0.15, -0.1) is 11.3 Å². The van der Waals surface area contributed by atoms with Crippen molar-refractivity contribution < 1.29 is 9.59 Å². The van der Waals surface area contributed by atoms with Crippen molar-refractivity contribution in [2.24, 2.45) is 0 Å². The average molecular weight is 340 g/mol. The third-order valence-corrected chi connectivity index (χ3v) is 4.07. The molecule has 1 rings (SSSR count). The fourth-order valence-corrected chi connectivity index (χ4v) is 2.78. The van der Waals surface area contributed by atoms with Crippen LogP contribution in [0.15, 0.2) is 5.38 Å². The lowest BCUT2D eigenvalue weighted by molar-refractivity contribution is 0.0949. The summed E-state index contributed by atoms with van der Waals surface area (Å²) in [5, 5.41) is 8.27. The summed E-state index contributed by atoms with van der Waals surface area (Å²) in [5.41, 5.74) is 0.432. The van der Waals surface area contributed by atoms with Gasteiger partial charge in [0.05, 0.1) is 6.54 Å². The fraction of sp³-hybridized carbons (Fsp3) is 0.688. The number of thiazole rings is 1. The third-order valence-electron chi connectivity index (χ3n) is 3.23. The molecule has 0 radical (unpaired) electrons. The van der Waals surface area contributed by atoms with Gasteiger partial charge in [0.1, 0.15) is 10.7 Å². The molecule has 1 aromatic heterocycles. The van der Waals surface area contributed by atoms with Gasteiger partial charge in [-0.25, -0.2) is 9.78 Å². The number of unbranched alkanes of at least 4 members (excludes halogenated alkanes) is 1. The van der Waals surface area contributed by atoms with Crippen molar-refractivity contribution in [3.05, 3.63) is 16.1 Å². The van der Waals surface area contributed by atoms with Gasteiger partial charge in [0.15, 0.2) is 0 Å². The van der Waals surface area contributed by atoms with Crippen molar-refractivity contribution in [2.45, 2.75) is 53.0 Å². The summed E-state index contributed by atoms with van der Waals surface area (Å²) in [5.74, 6) is -0.149. The van der Waals surface area contributed by atoms with E-state index in [0.29, 0.717) is 31.9 Å². The Bertz CT molecular complexity index is 490. The number of nitrogens with one attached hydrogen (secondary N) is 2. The van der Waals surface area contributed by atoms with Gasteiger partial charge in [0, 0.05) is 25.0 Å². The molecule has 0 aliphatic heterocycles. The number of aromatic nitrogens is 1. The zero-order chi connectivity index (χ0) is 17.1. The molecule has 130 valence electrons. The maximum Gasteiger partial charge on any atom is 0.317 e. The molecule has 1 heterocycles. The van der Waals surface area contributed by atoms with E-state index in [-0.39, 0.29) is 11.9 Å². The number of urea groups is 1. The average Bonchev–Trinajstić information content (AvgIpc) is 3.01. The molecule has 0 aromatic carbocycles. The van der Waals surface area contributed by atoms with Crippen molar-refractivity contribution in [1.82, 2.24) is 20.5 Å². The van der Waals surface area contributed by atoms with Gasteiger partial charge in [0.25, 0.3) is 5.91 Å². The maximum atomic E-state index is 12.2. The molecule has 2 N–H and O–H groups in total. The zero-order valence-electron chi connectivity index (χ0n) is 14.4. The second-order valence-corrected chi connectivity index (χ2v) is 6.33. The van der Waals surface area contributed by atoms with Crippen LogP contribution in [-0.2, 0) is 6.54 Å². The molecule has 0 aliphatic carbocycles. The molecule has 0 atom stereocenters. The van der Waals surface area contributed by atoms with Crippen molar-refractivity contribution in [3.8, 4) is 0 Å². The molecular weight excluding hydrogens is 312 g/mol. The highest BCUT2D eigenvalue weighted by atomic mass is 32.1. The smallest absolute Gasteiger partial charge is 0.317 e. The predicted molar refractivity (Wildman–Crippen MR) is 93.7 cm³/mol. The summed E-state index contributed by atoms with van der Waals surface area (Å²) < 4.78 is 0. The Balaban J connectivity index is 2.60. The first-order valence-corrected chi connectivity index (χ1v) is 9.25. The Morgan fingerprint density at radius 2 is 1.91 bits per heavy atom. The van der Waals surface area contributed by atoms with Crippen LogP contribution in [0, 0.1) is 0 Å². The largest absolute Gasteiger partial charge is 0.351 e. The first-order chi connectivity index (χ1) is 11.1. The summed E-state index contributed by atoms with van der Waals surface area (Å²) in [4.78, 5) is 30.2. The van der Waals surface area contributed by atoms with Gasteiger partial charge in [-0.2, -0.15) is 0 Å². The topological polar surface area (TPSA) is 74.3 Å². The maximum absolute atomic E-state index is 12.2. The normalized spacial score (nSPS) is 10.4. The zero-order valence-corrected chi connectivity index (χ0v) is 15.2. The standard InChI is InChI=1S/C16H28N4O2S/c1-4-7-9-18-16(22)20(10-6-3)11-14-19-13(12-23-14)15(21)17-8-5-2/h12H,4-11H2,1-3H3,(H,17,21)(H,18,22). The quantitative estimate of drug-likeness (QED) is 0.643. The molecule has 0 fully saturated rings. The summed E-state index contributed by atoms with van der Waals surface area (Å²) in [6, 6.07) is -0.0625. The molecule has 0 aliphatic rings. The molecule has 0 saturated heterocycles. The fourth-order valence-electron chi connectivity index (χ4n) is 1.99. The van der Waals surface area contributed by atoms with Crippen molar-refractivity contribution >= 4 is 23.3 Å². The second kappa shape index (κ2) is 11.0. The lowest BCUT2D eigenvalue weighted by atomic mass is 10.3. The van der Waals surface area contributed by atoms with Crippen LogP contribution in [0.5, 0.6) is 0 Å². The van der Waals surface area contributed by atoms with E-state index in [1.807, 2.05) is 13.8 Å². The summed E-state index contributed by atoms with van der Waals surface area (Å²) >= 11 is 1.42. The van der Waals surface area contributed by atoms with Crippen LogP contribution in [0.4, 0.5) is 4.79 Å². The molecule has 3 amide bonds. The van der Waals surface area contributed by atoms with Crippen molar-refractivity contribution in [3.63, 3.8) is 0 Å². The summed E-state index contributed by atoms with van der Waals surface area (Å²) in [7, 11) is 0. The van der Waals surface area contributed by atoms with Crippen LogP contribution in [0.1, 0.15) is 62.0 Å². The molecule has 6 nitrogen and oxygen atoms in total. The minimum absolute atomic E-state index is 0.0625. The van der Waals surface area contributed by atoms with E-state index in [1.165, 1.54) is 11.3 Å². The van der Waals surface area contributed by atoms with Crippen LogP contribution in [0.3, 0.4) is 0 Å². The van der Waals surface area contributed by atoms with E-state index >= 15 is 0 Å². The molecule has 23 heavy (non-hydrogen) atoms. The van der Waals surface area contributed by atoms with Crippen molar-refractivity contribution in [2.75, 3.05) is 19.6 Å². The highest BCUT2D eigenvalue weighted by Gasteiger charge is 2.16. The van der Waals surface area contributed by atoms with E-state index in [1.54, 1.807) is 10.3 Å². The molecule has 7 heteroatoms. The Kier molecular flexibility index (Phi) is 9.28. The Labute approximate surface area is 142 Å². The number of hydrogen-bond acceptors (Lipinski definition) is 4. The predicted octanol–water partition coefficient (Wildman–Crippen LogP) is 3.00. The van der Waals surface area contributed by atoms with Gasteiger partial charge in [-0.1, -0.05) is 27.2 Å². The highest BCUT2D eigenvalue weighted by molar-refractivity contribution is 7.09. The monoisotopic (exact) mass is 340 g/mol. The first-order valence-electron chi connectivity index (χ1n) is 8.37. The van der Waals surface area contributed by atoms with E-state index in [2.05, 4.69) is 22.5 Å². The second-order valence-electron chi connectivity index (χ2n) is 5.39. The Hall–Kier alpha value is -1.63. The van der Waals surface area contributed by atoms with Crippen LogP contribution >= 0.6 is 11.3 Å². The van der Waals surface area contributed by atoms with Crippen molar-refractivity contribution in [1.29, 1.82) is 0 Å². The molecule has 0 spiro atoms. The molecule has 0 unspecified atom stereocenters. The summed E-state index contributed by atoms with van der Waals surface area (Å²) in [6.45, 7) is 8.60. The number of nitrogens with zero attached hydrogens (tertiary/aromatic N) is 2. The number of hydrogen-bond donors (Lipinski definition) is 2. The van der Waals surface area contributed by atoms with E-state index in [0.717, 1.165) is 30.7 Å². The number of rotatable bonds is 10. The number of carbonyl (C=O) groups excluding carboxylic acids is 2. The van der Waals surface area contributed by atoms with Crippen LogP contribution in [0.2, 0.25) is 0 Å². The van der Waals surface area contributed by atoms with E-state index < -0.39 is 0 Å². The summed E-state index contributed by atoms with van der Waals surface area (Å²) in [6.07, 6.45) is 3.81. The third kappa shape index (κ3) is 6.99. The van der Waals surface area contributed by atoms with Crippen LogP contribution < -0.4 is 10.6 Å². The van der Waals surface area contributed by atoms with Gasteiger partial charge in [0.2, 0.25) is 0 Å². The van der Waals surface area contributed by atoms with Crippen LogP contribution in [-0.4, -0.2) is 41.5 Å². The van der Waals surface area contributed by atoms with Gasteiger partial charge < -0.3 is 15.5 Å². The SMILES string of the molecule is CCCCNC(=O)N(CCC)Cc1nc(C(=O)NCCC)cs1. The molecular formula is C16H28N4O2S.